The van der Waals surface area contributed by atoms with E-state index in [4.69, 9.17) is 5.53 Å². The first-order valence-corrected chi connectivity index (χ1v) is 9.34. The Labute approximate surface area is 145 Å². The average molecular weight is 353 g/mol. The Bertz CT molecular complexity index is 1030. The number of sulfone groups is 1. The van der Waals surface area contributed by atoms with Gasteiger partial charge in [0, 0.05) is 16.7 Å². The highest BCUT2D eigenvalue weighted by atomic mass is 32.2. The van der Waals surface area contributed by atoms with Crippen molar-refractivity contribution in [2.24, 2.45) is 5.11 Å². The van der Waals surface area contributed by atoms with Gasteiger partial charge in [0.25, 0.3) is 0 Å². The van der Waals surface area contributed by atoms with Crippen LogP contribution in [0.2, 0.25) is 0 Å². The topological polar surface area (TPSA) is 101 Å². The van der Waals surface area contributed by atoms with E-state index in [2.05, 4.69) is 15.1 Å². The molecule has 126 valence electrons. The highest BCUT2D eigenvalue weighted by Gasteiger charge is 2.13. The number of hydrogen-bond donors (Lipinski definition) is 0. The monoisotopic (exact) mass is 353 g/mol. The molecule has 0 spiro atoms. The van der Waals surface area contributed by atoms with Crippen LogP contribution in [-0.2, 0) is 16.4 Å². The maximum Gasteiger partial charge on any atom is 0.175 e. The lowest BCUT2D eigenvalue weighted by Gasteiger charge is -2.08. The van der Waals surface area contributed by atoms with Crippen molar-refractivity contribution in [2.75, 3.05) is 6.26 Å². The lowest BCUT2D eigenvalue weighted by molar-refractivity contribution is 0.602. The minimum absolute atomic E-state index is 0.144. The maximum atomic E-state index is 11.6. The van der Waals surface area contributed by atoms with E-state index in [1.165, 1.54) is 6.26 Å². The molecule has 25 heavy (non-hydrogen) atoms. The third-order valence-corrected chi connectivity index (χ3v) is 4.76. The largest absolute Gasteiger partial charge is 0.233 e. The second kappa shape index (κ2) is 6.80. The fraction of sp³-hybridized carbons (Fsp3) is 0.118. The van der Waals surface area contributed by atoms with E-state index >= 15 is 0 Å². The SMILES string of the molecule is CS(=O)(=O)c1ccc(-n2nc(CN=[N+]=[N-])cc2-c2ccccc2)cc1. The lowest BCUT2D eigenvalue weighted by Crippen LogP contribution is -2.01. The summed E-state index contributed by atoms with van der Waals surface area (Å²) in [7, 11) is -3.26. The van der Waals surface area contributed by atoms with E-state index in [-0.39, 0.29) is 11.4 Å². The van der Waals surface area contributed by atoms with Gasteiger partial charge in [-0.15, -0.1) is 0 Å². The van der Waals surface area contributed by atoms with Gasteiger partial charge in [-0.3, -0.25) is 0 Å². The van der Waals surface area contributed by atoms with Crippen molar-refractivity contribution in [1.29, 1.82) is 0 Å². The summed E-state index contributed by atoms with van der Waals surface area (Å²) < 4.78 is 25.0. The molecule has 3 aromatic rings. The van der Waals surface area contributed by atoms with Crippen molar-refractivity contribution in [3.8, 4) is 16.9 Å². The van der Waals surface area contributed by atoms with Crippen molar-refractivity contribution < 1.29 is 8.42 Å². The Kier molecular flexibility index (Phi) is 4.56. The van der Waals surface area contributed by atoms with Crippen molar-refractivity contribution in [3.05, 3.63) is 76.8 Å². The summed E-state index contributed by atoms with van der Waals surface area (Å²) in [4.78, 5) is 3.01. The molecular formula is C17H15N5O2S. The standard InChI is InChI=1S/C17H15N5O2S/c1-25(23,24)16-9-7-15(8-10-16)22-17(13-5-3-2-4-6-13)11-14(20-22)12-19-21-18/h2-11H,12H2,1H3. The third kappa shape index (κ3) is 3.71. The molecule has 0 amide bonds. The van der Waals surface area contributed by atoms with Crippen LogP contribution < -0.4 is 0 Å². The molecule has 0 saturated heterocycles. The van der Waals surface area contributed by atoms with Gasteiger partial charge >= 0.3 is 0 Å². The molecule has 0 unspecified atom stereocenters. The average Bonchev–Trinajstić information content (AvgIpc) is 3.04. The summed E-state index contributed by atoms with van der Waals surface area (Å²) in [6.45, 7) is 0.144. The van der Waals surface area contributed by atoms with Crippen LogP contribution in [0.5, 0.6) is 0 Å². The van der Waals surface area contributed by atoms with Gasteiger partial charge in [0.15, 0.2) is 9.84 Å². The number of nitrogens with zero attached hydrogens (tertiary/aromatic N) is 5. The second-order valence-electron chi connectivity index (χ2n) is 5.45. The molecule has 0 bridgehead atoms. The van der Waals surface area contributed by atoms with Crippen LogP contribution in [0.3, 0.4) is 0 Å². The molecule has 1 aromatic heterocycles. The van der Waals surface area contributed by atoms with E-state index in [0.29, 0.717) is 5.69 Å². The summed E-state index contributed by atoms with van der Waals surface area (Å²) >= 11 is 0. The van der Waals surface area contributed by atoms with Crippen LogP contribution in [0.15, 0.2) is 70.7 Å². The molecule has 0 saturated carbocycles. The first-order valence-electron chi connectivity index (χ1n) is 7.45. The van der Waals surface area contributed by atoms with Crippen LogP contribution in [0.1, 0.15) is 5.69 Å². The molecular weight excluding hydrogens is 338 g/mol. The second-order valence-corrected chi connectivity index (χ2v) is 7.47. The molecule has 2 aromatic carbocycles. The van der Waals surface area contributed by atoms with Gasteiger partial charge in [-0.25, -0.2) is 13.1 Å². The molecule has 7 nitrogen and oxygen atoms in total. The van der Waals surface area contributed by atoms with Crippen LogP contribution in [-0.4, -0.2) is 24.5 Å². The summed E-state index contributed by atoms with van der Waals surface area (Å²) in [5.41, 5.74) is 11.6. The van der Waals surface area contributed by atoms with Crippen molar-refractivity contribution in [1.82, 2.24) is 9.78 Å². The zero-order valence-corrected chi connectivity index (χ0v) is 14.3. The van der Waals surface area contributed by atoms with Gasteiger partial charge in [-0.05, 0) is 35.9 Å². The highest BCUT2D eigenvalue weighted by Crippen LogP contribution is 2.25. The predicted octanol–water partition coefficient (Wildman–Crippen LogP) is 3.75. The quantitative estimate of drug-likeness (QED) is 0.396. The number of benzene rings is 2. The van der Waals surface area contributed by atoms with Gasteiger partial charge in [-0.1, -0.05) is 35.4 Å². The molecule has 0 N–H and O–H groups in total. The third-order valence-electron chi connectivity index (χ3n) is 3.63. The number of azide groups is 1. The molecule has 0 fully saturated rings. The highest BCUT2D eigenvalue weighted by molar-refractivity contribution is 7.90. The summed E-state index contributed by atoms with van der Waals surface area (Å²) in [6.07, 6.45) is 1.17. The van der Waals surface area contributed by atoms with Crippen molar-refractivity contribution in [3.63, 3.8) is 0 Å². The Morgan fingerprint density at radius 3 is 2.40 bits per heavy atom. The predicted molar refractivity (Wildman–Crippen MR) is 95.0 cm³/mol. The van der Waals surface area contributed by atoms with Crippen LogP contribution in [0, 0.1) is 0 Å². The van der Waals surface area contributed by atoms with Gasteiger partial charge in [0.05, 0.1) is 28.5 Å². The fourth-order valence-electron chi connectivity index (χ4n) is 2.46. The van der Waals surface area contributed by atoms with Crippen molar-refractivity contribution >= 4 is 9.84 Å². The zero-order valence-electron chi connectivity index (χ0n) is 13.4. The van der Waals surface area contributed by atoms with E-state index in [1.807, 2.05) is 36.4 Å². The summed E-state index contributed by atoms with van der Waals surface area (Å²) in [6, 6.07) is 18.0. The number of hydrogen-bond acceptors (Lipinski definition) is 4. The van der Waals surface area contributed by atoms with Gasteiger partial charge in [-0.2, -0.15) is 5.10 Å². The van der Waals surface area contributed by atoms with Crippen LogP contribution >= 0.6 is 0 Å². The zero-order chi connectivity index (χ0) is 17.9. The summed E-state index contributed by atoms with van der Waals surface area (Å²) in [5, 5.41) is 8.04. The molecule has 0 atom stereocenters. The Morgan fingerprint density at radius 1 is 1.12 bits per heavy atom. The normalized spacial score (nSPS) is 11.1. The maximum absolute atomic E-state index is 11.6. The number of aromatic nitrogens is 2. The van der Waals surface area contributed by atoms with E-state index in [9.17, 15) is 8.42 Å². The minimum atomic E-state index is -3.26. The first-order chi connectivity index (χ1) is 12.0. The molecule has 3 rings (SSSR count). The Morgan fingerprint density at radius 2 is 1.80 bits per heavy atom. The Hall–Kier alpha value is -3.09. The molecule has 0 aliphatic rings. The van der Waals surface area contributed by atoms with Crippen LogP contribution in [0.4, 0.5) is 0 Å². The smallest absolute Gasteiger partial charge is 0.175 e. The van der Waals surface area contributed by atoms with Gasteiger partial charge in [0.2, 0.25) is 0 Å². The van der Waals surface area contributed by atoms with Crippen LogP contribution in [0.25, 0.3) is 27.4 Å². The van der Waals surface area contributed by atoms with Gasteiger partial charge in [0.1, 0.15) is 0 Å². The van der Waals surface area contributed by atoms with Gasteiger partial charge < -0.3 is 0 Å². The van der Waals surface area contributed by atoms with E-state index in [0.717, 1.165) is 16.9 Å². The lowest BCUT2D eigenvalue weighted by atomic mass is 10.1. The molecule has 1 heterocycles. The fourth-order valence-corrected chi connectivity index (χ4v) is 3.09. The summed E-state index contributed by atoms with van der Waals surface area (Å²) in [5.74, 6) is 0. The molecule has 0 aliphatic carbocycles. The molecule has 0 radical (unpaired) electrons. The molecule has 8 heteroatoms. The molecule has 0 aliphatic heterocycles. The van der Waals surface area contributed by atoms with Crippen molar-refractivity contribution in [2.45, 2.75) is 11.4 Å². The minimum Gasteiger partial charge on any atom is -0.233 e. The number of rotatable bonds is 5. The Balaban J connectivity index is 2.10. The van der Waals surface area contributed by atoms with E-state index < -0.39 is 9.84 Å². The first kappa shape index (κ1) is 16.8. The van der Waals surface area contributed by atoms with E-state index in [1.54, 1.807) is 28.9 Å².